The molecule has 0 radical (unpaired) electrons. The quantitative estimate of drug-likeness (QED) is 0.387. The van der Waals surface area contributed by atoms with Gasteiger partial charge < -0.3 is 10.4 Å². The summed E-state index contributed by atoms with van der Waals surface area (Å²) in [6.45, 7) is 2.17. The molecule has 0 unspecified atom stereocenters. The van der Waals surface area contributed by atoms with Crippen LogP contribution >= 0.6 is 11.6 Å². The number of benzene rings is 3. The van der Waals surface area contributed by atoms with Crippen LogP contribution in [0.1, 0.15) is 21.5 Å². The fourth-order valence-electron chi connectivity index (χ4n) is 3.29. The van der Waals surface area contributed by atoms with Gasteiger partial charge in [0.2, 0.25) is 0 Å². The number of ketones is 1. The van der Waals surface area contributed by atoms with Gasteiger partial charge in [-0.05, 0) is 61.0 Å². The SMILES string of the molecule is Cc1ccc(-c2cn(CCO)nn2)cc1C(=O)c1ccc(Nc2ccc(F)cc2)cc1Cl. The van der Waals surface area contributed by atoms with E-state index in [-0.39, 0.29) is 18.2 Å². The third-order valence-corrected chi connectivity index (χ3v) is 5.31. The van der Waals surface area contributed by atoms with E-state index in [1.807, 2.05) is 19.1 Å². The van der Waals surface area contributed by atoms with E-state index in [0.717, 1.165) is 11.1 Å². The number of hydrogen-bond donors (Lipinski definition) is 2. The maximum Gasteiger partial charge on any atom is 0.194 e. The van der Waals surface area contributed by atoms with Crippen molar-refractivity contribution in [3.05, 3.63) is 94.4 Å². The molecule has 1 heterocycles. The molecule has 0 bridgehead atoms. The first kappa shape index (κ1) is 21.7. The van der Waals surface area contributed by atoms with Gasteiger partial charge in [-0.15, -0.1) is 5.10 Å². The number of hydrogen-bond acceptors (Lipinski definition) is 5. The molecule has 162 valence electrons. The normalized spacial score (nSPS) is 10.9. The average Bonchev–Trinajstić information content (AvgIpc) is 3.24. The lowest BCUT2D eigenvalue weighted by atomic mass is 9.96. The lowest BCUT2D eigenvalue weighted by Gasteiger charge is -2.11. The lowest BCUT2D eigenvalue weighted by molar-refractivity contribution is 0.103. The molecule has 0 atom stereocenters. The van der Waals surface area contributed by atoms with Crippen molar-refractivity contribution in [2.75, 3.05) is 11.9 Å². The smallest absolute Gasteiger partial charge is 0.194 e. The lowest BCUT2D eigenvalue weighted by Crippen LogP contribution is -2.05. The Kier molecular flexibility index (Phi) is 6.30. The Morgan fingerprint density at radius 2 is 1.81 bits per heavy atom. The molecule has 1 aromatic heterocycles. The Labute approximate surface area is 189 Å². The zero-order valence-corrected chi connectivity index (χ0v) is 18.0. The molecule has 4 rings (SSSR count). The van der Waals surface area contributed by atoms with Gasteiger partial charge in [0.15, 0.2) is 5.78 Å². The van der Waals surface area contributed by atoms with E-state index in [9.17, 15) is 9.18 Å². The summed E-state index contributed by atoms with van der Waals surface area (Å²) in [6.07, 6.45) is 1.72. The molecule has 0 amide bonds. The number of carbonyl (C=O) groups is 1. The second-order valence-corrected chi connectivity index (χ2v) is 7.68. The zero-order chi connectivity index (χ0) is 22.7. The molecule has 0 aliphatic rings. The molecule has 4 aromatic rings. The van der Waals surface area contributed by atoms with Crippen LogP contribution in [0.4, 0.5) is 15.8 Å². The number of aliphatic hydroxyl groups excluding tert-OH is 1. The Morgan fingerprint density at radius 3 is 2.53 bits per heavy atom. The van der Waals surface area contributed by atoms with Gasteiger partial charge in [-0.3, -0.25) is 4.79 Å². The number of aryl methyl sites for hydroxylation is 1. The van der Waals surface area contributed by atoms with Crippen LogP contribution in [0.3, 0.4) is 0 Å². The van der Waals surface area contributed by atoms with Gasteiger partial charge in [0.1, 0.15) is 11.5 Å². The number of halogens is 2. The highest BCUT2D eigenvalue weighted by molar-refractivity contribution is 6.35. The molecule has 2 N–H and O–H groups in total. The first-order valence-corrected chi connectivity index (χ1v) is 10.3. The Hall–Kier alpha value is -3.55. The number of carbonyl (C=O) groups excluding carboxylic acids is 1. The number of anilines is 2. The van der Waals surface area contributed by atoms with Crippen molar-refractivity contribution in [3.8, 4) is 11.3 Å². The van der Waals surface area contributed by atoms with E-state index in [4.69, 9.17) is 16.7 Å². The zero-order valence-electron chi connectivity index (χ0n) is 17.2. The summed E-state index contributed by atoms with van der Waals surface area (Å²) in [4.78, 5) is 13.3. The van der Waals surface area contributed by atoms with E-state index < -0.39 is 0 Å². The second kappa shape index (κ2) is 9.30. The van der Waals surface area contributed by atoms with Crippen LogP contribution in [-0.4, -0.2) is 32.5 Å². The second-order valence-electron chi connectivity index (χ2n) is 7.28. The number of nitrogens with zero attached hydrogens (tertiary/aromatic N) is 3. The minimum Gasteiger partial charge on any atom is -0.394 e. The van der Waals surface area contributed by atoms with Crippen molar-refractivity contribution < 1.29 is 14.3 Å². The minimum atomic E-state index is -0.317. The number of nitrogens with one attached hydrogen (secondary N) is 1. The van der Waals surface area contributed by atoms with Crippen LogP contribution in [0.5, 0.6) is 0 Å². The number of aromatic nitrogens is 3. The largest absolute Gasteiger partial charge is 0.394 e. The summed E-state index contributed by atoms with van der Waals surface area (Å²) in [5, 5.41) is 20.6. The van der Waals surface area contributed by atoms with Crippen molar-refractivity contribution in [2.45, 2.75) is 13.5 Å². The maximum absolute atomic E-state index is 13.3. The standard InChI is InChI=1S/C24H20ClFN4O2/c1-15-2-3-16(23-14-30(10-11-31)29-28-23)12-21(15)24(32)20-9-8-19(13-22(20)25)27-18-6-4-17(26)5-7-18/h2-9,12-14,27,31H,10-11H2,1H3. The molecule has 0 aliphatic heterocycles. The summed E-state index contributed by atoms with van der Waals surface area (Å²) < 4.78 is 14.6. The minimum absolute atomic E-state index is 0.0368. The first-order valence-electron chi connectivity index (χ1n) is 9.93. The number of rotatable bonds is 7. The van der Waals surface area contributed by atoms with Crippen molar-refractivity contribution in [2.24, 2.45) is 0 Å². The van der Waals surface area contributed by atoms with Crippen LogP contribution in [0.25, 0.3) is 11.3 Å². The van der Waals surface area contributed by atoms with Gasteiger partial charge >= 0.3 is 0 Å². The van der Waals surface area contributed by atoms with E-state index in [1.54, 1.807) is 47.3 Å². The van der Waals surface area contributed by atoms with E-state index in [0.29, 0.717) is 39.8 Å². The molecule has 0 aliphatic carbocycles. The predicted molar refractivity (Wildman–Crippen MR) is 122 cm³/mol. The van der Waals surface area contributed by atoms with Crippen LogP contribution in [0.2, 0.25) is 5.02 Å². The summed E-state index contributed by atoms with van der Waals surface area (Å²) in [5.74, 6) is -0.520. The van der Waals surface area contributed by atoms with Gasteiger partial charge in [0.05, 0.1) is 24.4 Å². The van der Waals surface area contributed by atoms with Crippen molar-refractivity contribution in [3.63, 3.8) is 0 Å². The Bertz CT molecular complexity index is 1270. The predicted octanol–water partition coefficient (Wildman–Crippen LogP) is 5.01. The van der Waals surface area contributed by atoms with Crippen LogP contribution in [0, 0.1) is 12.7 Å². The summed E-state index contributed by atoms with van der Waals surface area (Å²) in [5.41, 5.74) is 4.45. The molecule has 0 fully saturated rings. The first-order chi connectivity index (χ1) is 15.4. The molecule has 6 nitrogen and oxygen atoms in total. The summed E-state index contributed by atoms with van der Waals surface area (Å²) in [6, 6.07) is 16.5. The molecule has 0 saturated heterocycles. The highest BCUT2D eigenvalue weighted by atomic mass is 35.5. The molecule has 32 heavy (non-hydrogen) atoms. The van der Waals surface area contributed by atoms with Gasteiger partial charge in [-0.1, -0.05) is 28.9 Å². The monoisotopic (exact) mass is 450 g/mol. The summed E-state index contributed by atoms with van der Waals surface area (Å²) in [7, 11) is 0. The molecule has 8 heteroatoms. The van der Waals surface area contributed by atoms with Gasteiger partial charge in [0, 0.05) is 28.1 Å². The van der Waals surface area contributed by atoms with Crippen molar-refractivity contribution in [1.29, 1.82) is 0 Å². The molecular weight excluding hydrogens is 431 g/mol. The Balaban J connectivity index is 1.60. The molecule has 0 saturated carbocycles. The third kappa shape index (κ3) is 4.69. The van der Waals surface area contributed by atoms with Gasteiger partial charge in [-0.25, -0.2) is 9.07 Å². The fraction of sp³-hybridized carbons (Fsp3) is 0.125. The topological polar surface area (TPSA) is 80.0 Å². The molecular formula is C24H20ClFN4O2. The fourth-order valence-corrected chi connectivity index (χ4v) is 3.56. The van der Waals surface area contributed by atoms with E-state index in [2.05, 4.69) is 15.6 Å². The van der Waals surface area contributed by atoms with Crippen LogP contribution in [-0.2, 0) is 6.54 Å². The van der Waals surface area contributed by atoms with Crippen LogP contribution < -0.4 is 5.32 Å². The van der Waals surface area contributed by atoms with Crippen LogP contribution in [0.15, 0.2) is 66.9 Å². The third-order valence-electron chi connectivity index (χ3n) is 4.99. The Morgan fingerprint density at radius 1 is 1.06 bits per heavy atom. The highest BCUT2D eigenvalue weighted by Crippen LogP contribution is 2.28. The van der Waals surface area contributed by atoms with Gasteiger partial charge in [-0.2, -0.15) is 0 Å². The van der Waals surface area contributed by atoms with E-state index >= 15 is 0 Å². The number of aliphatic hydroxyl groups is 1. The molecule has 0 spiro atoms. The summed E-state index contributed by atoms with van der Waals surface area (Å²) >= 11 is 6.44. The molecule has 3 aromatic carbocycles. The maximum atomic E-state index is 13.3. The van der Waals surface area contributed by atoms with Crippen molar-refractivity contribution in [1.82, 2.24) is 15.0 Å². The van der Waals surface area contributed by atoms with Crippen molar-refractivity contribution >= 4 is 28.8 Å². The van der Waals surface area contributed by atoms with E-state index in [1.165, 1.54) is 12.1 Å². The highest BCUT2D eigenvalue weighted by Gasteiger charge is 2.17. The van der Waals surface area contributed by atoms with Gasteiger partial charge in [0.25, 0.3) is 0 Å². The average molecular weight is 451 g/mol.